The molecule has 2 unspecified atom stereocenters. The Morgan fingerprint density at radius 1 is 1.11 bits per heavy atom. The van der Waals surface area contributed by atoms with Gasteiger partial charge in [-0.15, -0.1) is 11.3 Å². The van der Waals surface area contributed by atoms with Gasteiger partial charge in [0.05, 0.1) is 38.7 Å². The van der Waals surface area contributed by atoms with Gasteiger partial charge in [-0.2, -0.15) is 16.7 Å². The van der Waals surface area contributed by atoms with Gasteiger partial charge in [-0.25, -0.2) is 22.8 Å². The topological polar surface area (TPSA) is 130 Å². The number of aryl methyl sites for hydroxylation is 3. The maximum Gasteiger partial charge on any atom is 0.224 e. The third-order valence-corrected chi connectivity index (χ3v) is 11.1. The van der Waals surface area contributed by atoms with Crippen molar-refractivity contribution in [3.05, 3.63) is 64.2 Å². The van der Waals surface area contributed by atoms with Crippen molar-refractivity contribution in [2.45, 2.75) is 76.2 Å². The van der Waals surface area contributed by atoms with Crippen LogP contribution in [-0.2, 0) is 9.84 Å². The first-order valence-electron chi connectivity index (χ1n) is 14.3. The minimum Gasteiger partial charge on any atom is -0.391 e. The van der Waals surface area contributed by atoms with Crippen molar-refractivity contribution in [2.24, 2.45) is 0 Å². The lowest BCUT2D eigenvalue weighted by Gasteiger charge is -2.21. The summed E-state index contributed by atoms with van der Waals surface area (Å²) in [5, 5.41) is 19.7. The number of anilines is 2. The summed E-state index contributed by atoms with van der Waals surface area (Å²) in [6.45, 7) is 12.5. The number of halogens is 1. The van der Waals surface area contributed by atoms with Crippen LogP contribution in [0, 0.1) is 26.6 Å². The van der Waals surface area contributed by atoms with Crippen molar-refractivity contribution in [3.63, 3.8) is 0 Å². The highest BCUT2D eigenvalue weighted by Crippen LogP contribution is 2.38. The van der Waals surface area contributed by atoms with Crippen LogP contribution in [0.25, 0.3) is 20.8 Å². The van der Waals surface area contributed by atoms with Gasteiger partial charge in [-0.3, -0.25) is 4.98 Å². The molecular formula is C31H37FN6O3S3. The minimum atomic E-state index is -3.83. The number of rotatable bonds is 9. The second kappa shape index (κ2) is 12.7. The van der Waals surface area contributed by atoms with E-state index in [1.807, 2.05) is 31.7 Å². The van der Waals surface area contributed by atoms with Gasteiger partial charge < -0.3 is 15.7 Å². The number of thioether (sulfide) groups is 1. The van der Waals surface area contributed by atoms with Gasteiger partial charge in [0.2, 0.25) is 5.95 Å². The molecule has 1 aliphatic rings. The number of benzene rings is 1. The second-order valence-electron chi connectivity index (χ2n) is 12.0. The number of hydrogen-bond donors (Lipinski definition) is 3. The fourth-order valence-electron chi connectivity index (χ4n) is 5.03. The van der Waals surface area contributed by atoms with Crippen LogP contribution in [0.1, 0.15) is 50.6 Å². The Bertz CT molecular complexity index is 1840. The molecule has 0 saturated heterocycles. The lowest BCUT2D eigenvalue weighted by molar-refractivity contribution is 0.174. The van der Waals surface area contributed by atoms with Crippen LogP contribution in [0.3, 0.4) is 0 Å². The molecule has 3 heterocycles. The lowest BCUT2D eigenvalue weighted by atomic mass is 10.1. The number of pyridine rings is 1. The summed E-state index contributed by atoms with van der Waals surface area (Å²) in [5.74, 6) is 1.38. The number of hydrogen-bond acceptors (Lipinski definition) is 11. The zero-order valence-corrected chi connectivity index (χ0v) is 28.1. The van der Waals surface area contributed by atoms with E-state index in [2.05, 4.69) is 36.4 Å². The molecule has 5 rings (SSSR count). The van der Waals surface area contributed by atoms with Crippen LogP contribution in [0.2, 0.25) is 0 Å². The zero-order valence-electron chi connectivity index (χ0n) is 25.6. The number of sulfone groups is 1. The van der Waals surface area contributed by atoms with Crippen LogP contribution in [-0.4, -0.2) is 62.7 Å². The highest BCUT2D eigenvalue weighted by atomic mass is 32.2. The Morgan fingerprint density at radius 2 is 1.89 bits per heavy atom. The van der Waals surface area contributed by atoms with Crippen molar-refractivity contribution >= 4 is 54.9 Å². The quantitative estimate of drug-likeness (QED) is 0.137. The van der Waals surface area contributed by atoms with E-state index < -0.39 is 27.8 Å². The van der Waals surface area contributed by atoms with E-state index in [0.29, 0.717) is 23.9 Å². The Morgan fingerprint density at radius 3 is 2.59 bits per heavy atom. The number of fused-ring (bicyclic) bond motifs is 1. The van der Waals surface area contributed by atoms with Crippen LogP contribution in [0.4, 0.5) is 16.2 Å². The third-order valence-electron chi connectivity index (χ3n) is 7.23. The molecule has 0 radical (unpaired) electrons. The van der Waals surface area contributed by atoms with E-state index in [4.69, 9.17) is 15.0 Å². The van der Waals surface area contributed by atoms with Crippen molar-refractivity contribution < 1.29 is 17.9 Å². The fraction of sp³-hybridized carbons (Fsp3) is 0.419. The average Bonchev–Trinajstić information content (AvgIpc) is 3.50. The number of nitrogens with one attached hydrogen (secondary N) is 2. The lowest BCUT2D eigenvalue weighted by Crippen LogP contribution is -2.29. The normalized spacial score (nSPS) is 18.3. The predicted molar refractivity (Wildman–Crippen MR) is 178 cm³/mol. The molecule has 4 aromatic rings. The van der Waals surface area contributed by atoms with Gasteiger partial charge in [0.1, 0.15) is 22.2 Å². The first-order chi connectivity index (χ1) is 20.7. The molecule has 3 N–H and O–H groups in total. The van der Waals surface area contributed by atoms with Crippen molar-refractivity contribution in [3.8, 4) is 10.6 Å². The van der Waals surface area contributed by atoms with Crippen molar-refractivity contribution in [1.29, 1.82) is 0 Å². The summed E-state index contributed by atoms with van der Waals surface area (Å²) in [6, 6.07) is 5.16. The molecule has 2 atom stereocenters. The van der Waals surface area contributed by atoms with E-state index in [1.165, 1.54) is 35.8 Å². The minimum absolute atomic E-state index is 0.0180. The van der Waals surface area contributed by atoms with Crippen LogP contribution < -0.4 is 10.6 Å². The van der Waals surface area contributed by atoms with Crippen molar-refractivity contribution in [2.75, 3.05) is 22.9 Å². The number of aliphatic hydroxyl groups excluding tert-OH is 1. The SMILES string of the molecule is Cc1cc(S(=O)(=O)C=C2CC(O)C(Nc3nc(NCCSC(C)(C)C)nc(C)c3-c3nc4c(C)nccc4s3)C2)ccc1F. The molecule has 44 heavy (non-hydrogen) atoms. The average molecular weight is 657 g/mol. The van der Waals surface area contributed by atoms with E-state index in [0.717, 1.165) is 44.0 Å². The molecule has 1 saturated carbocycles. The smallest absolute Gasteiger partial charge is 0.224 e. The maximum atomic E-state index is 13.8. The standard InChI is InChI=1S/C31H37FN6O3S3/c1-17-13-21(7-8-22(17)32)44(40,41)16-20-14-23(24(39)15-20)36-28-26(29-37-27-19(3)33-10-9-25(27)43-29)18(2)35-30(38-28)34-11-12-42-31(4,5)6/h7-10,13,16,23-24,39H,11-12,14-15H2,1-6H3,(H2,34,35,36,38). The van der Waals surface area contributed by atoms with E-state index >= 15 is 0 Å². The summed E-state index contributed by atoms with van der Waals surface area (Å²) in [5.41, 5.74) is 3.90. The van der Waals surface area contributed by atoms with Crippen LogP contribution >= 0.6 is 23.1 Å². The van der Waals surface area contributed by atoms with E-state index in [1.54, 1.807) is 6.20 Å². The molecule has 0 amide bonds. The third kappa shape index (κ3) is 7.39. The number of thiazole rings is 1. The predicted octanol–water partition coefficient (Wildman–Crippen LogP) is 6.45. The molecule has 0 spiro atoms. The summed E-state index contributed by atoms with van der Waals surface area (Å²) in [4.78, 5) is 18.8. The summed E-state index contributed by atoms with van der Waals surface area (Å²) in [7, 11) is -3.83. The molecular weight excluding hydrogens is 620 g/mol. The molecule has 0 bridgehead atoms. The fourth-order valence-corrected chi connectivity index (χ4v) is 8.33. The Hall–Kier alpha value is -3.13. The first kappa shape index (κ1) is 32.3. The highest BCUT2D eigenvalue weighted by molar-refractivity contribution is 8.00. The molecule has 9 nitrogen and oxygen atoms in total. The molecule has 0 aliphatic heterocycles. The zero-order chi connectivity index (χ0) is 31.8. The Balaban J connectivity index is 1.45. The van der Waals surface area contributed by atoms with Crippen LogP contribution in [0.5, 0.6) is 0 Å². The van der Waals surface area contributed by atoms with E-state index in [9.17, 15) is 17.9 Å². The second-order valence-corrected chi connectivity index (χ2v) is 16.7. The molecule has 1 aliphatic carbocycles. The van der Waals surface area contributed by atoms with Gasteiger partial charge >= 0.3 is 0 Å². The number of aromatic nitrogens is 4. The number of nitrogens with zero attached hydrogens (tertiary/aromatic N) is 4. The van der Waals surface area contributed by atoms with Crippen molar-refractivity contribution in [1.82, 2.24) is 19.9 Å². The largest absolute Gasteiger partial charge is 0.391 e. The summed E-state index contributed by atoms with van der Waals surface area (Å²) in [6.07, 6.45) is 1.37. The highest BCUT2D eigenvalue weighted by Gasteiger charge is 2.32. The maximum absolute atomic E-state index is 13.8. The van der Waals surface area contributed by atoms with Gasteiger partial charge in [0.15, 0.2) is 9.84 Å². The Labute approximate surface area is 265 Å². The Kier molecular flexibility index (Phi) is 9.31. The monoisotopic (exact) mass is 656 g/mol. The van der Waals surface area contributed by atoms with Gasteiger partial charge in [-0.1, -0.05) is 26.3 Å². The first-order valence-corrected chi connectivity index (χ1v) is 17.7. The molecule has 3 aromatic heterocycles. The number of aliphatic hydroxyl groups is 1. The molecule has 1 fully saturated rings. The van der Waals surface area contributed by atoms with E-state index in [-0.39, 0.29) is 28.0 Å². The van der Waals surface area contributed by atoms with Crippen LogP contribution in [0.15, 0.2) is 46.3 Å². The molecule has 1 aromatic carbocycles. The van der Waals surface area contributed by atoms with Gasteiger partial charge in [0, 0.05) is 28.6 Å². The molecule has 234 valence electrons. The summed E-state index contributed by atoms with van der Waals surface area (Å²) < 4.78 is 41.1. The van der Waals surface area contributed by atoms with Gasteiger partial charge in [0.25, 0.3) is 0 Å². The molecule has 13 heteroatoms. The summed E-state index contributed by atoms with van der Waals surface area (Å²) >= 11 is 3.36. The van der Waals surface area contributed by atoms with Gasteiger partial charge in [-0.05, 0) is 63.4 Å².